The molecule has 0 bridgehead atoms. The lowest BCUT2D eigenvalue weighted by molar-refractivity contribution is -0.139. The van der Waals surface area contributed by atoms with Crippen molar-refractivity contribution in [2.45, 2.75) is 53.6 Å². The molecule has 0 aliphatic rings. The molecular formula is C23H34N2O4. The summed E-state index contributed by atoms with van der Waals surface area (Å²) in [5, 5.41) is 2.99. The molecule has 1 heterocycles. The minimum Gasteiger partial charge on any atom is -0.468 e. The Morgan fingerprint density at radius 1 is 1.07 bits per heavy atom. The fraction of sp³-hybridized carbons (Fsp3) is 0.478. The number of esters is 2. The average Bonchev–Trinajstić information content (AvgIpc) is 2.93. The molecule has 0 fully saturated rings. The number of carbonyl (C=O) groups is 2. The molecule has 0 aliphatic heterocycles. The molecule has 0 saturated heterocycles. The Morgan fingerprint density at radius 2 is 1.69 bits per heavy atom. The van der Waals surface area contributed by atoms with E-state index in [1.807, 2.05) is 52.8 Å². The summed E-state index contributed by atoms with van der Waals surface area (Å²) in [4.78, 5) is 26.4. The molecule has 1 aromatic heterocycles. The fourth-order valence-electron chi connectivity index (χ4n) is 2.60. The number of rotatable bonds is 6. The van der Waals surface area contributed by atoms with Gasteiger partial charge in [-0.1, -0.05) is 35.9 Å². The van der Waals surface area contributed by atoms with Gasteiger partial charge >= 0.3 is 11.9 Å². The van der Waals surface area contributed by atoms with Gasteiger partial charge in [-0.3, -0.25) is 4.79 Å². The highest BCUT2D eigenvalue weighted by Gasteiger charge is 2.23. The predicted molar refractivity (Wildman–Crippen MR) is 115 cm³/mol. The molecule has 2 aromatic rings. The maximum absolute atomic E-state index is 12.3. The molecule has 0 spiro atoms. The summed E-state index contributed by atoms with van der Waals surface area (Å²) >= 11 is 0. The summed E-state index contributed by atoms with van der Waals surface area (Å²) in [6.07, 6.45) is 0.627. The van der Waals surface area contributed by atoms with E-state index in [4.69, 9.17) is 4.74 Å². The van der Waals surface area contributed by atoms with Gasteiger partial charge in [-0.25, -0.2) is 4.79 Å². The Morgan fingerprint density at radius 3 is 2.17 bits per heavy atom. The van der Waals surface area contributed by atoms with Crippen molar-refractivity contribution in [2.24, 2.45) is 0 Å². The van der Waals surface area contributed by atoms with Gasteiger partial charge in [0.2, 0.25) is 0 Å². The van der Waals surface area contributed by atoms with E-state index in [2.05, 4.69) is 34.1 Å². The summed E-state index contributed by atoms with van der Waals surface area (Å²) in [5.74, 6) is -0.666. The molecule has 6 heteroatoms. The summed E-state index contributed by atoms with van der Waals surface area (Å²) in [7, 11) is 1.35. The first kappa shape index (κ1) is 24.4. The third-order valence-electron chi connectivity index (χ3n) is 4.22. The maximum atomic E-state index is 12.3. The van der Waals surface area contributed by atoms with Crippen LogP contribution < -0.4 is 5.32 Å². The maximum Gasteiger partial charge on any atom is 0.355 e. The lowest BCUT2D eigenvalue weighted by atomic mass is 10.1. The Balaban J connectivity index is 0.000000502. The lowest BCUT2D eigenvalue weighted by Crippen LogP contribution is -2.27. The number of aromatic nitrogens is 1. The van der Waals surface area contributed by atoms with E-state index in [0.717, 1.165) is 16.8 Å². The van der Waals surface area contributed by atoms with Crippen LogP contribution in [0.5, 0.6) is 0 Å². The van der Waals surface area contributed by atoms with Gasteiger partial charge in [-0.2, -0.15) is 0 Å². The highest BCUT2D eigenvalue weighted by Crippen LogP contribution is 2.21. The molecule has 0 atom stereocenters. The average molecular weight is 403 g/mol. The second kappa shape index (κ2) is 11.4. The van der Waals surface area contributed by atoms with Crippen LogP contribution in [0.1, 0.15) is 53.6 Å². The number of aromatic amines is 1. The summed E-state index contributed by atoms with van der Waals surface area (Å²) in [5.41, 5.74) is 4.19. The predicted octanol–water partition coefficient (Wildman–Crippen LogP) is 3.89. The van der Waals surface area contributed by atoms with E-state index >= 15 is 0 Å². The van der Waals surface area contributed by atoms with Gasteiger partial charge < -0.3 is 19.8 Å². The van der Waals surface area contributed by atoms with Crippen LogP contribution in [0.3, 0.4) is 0 Å². The van der Waals surface area contributed by atoms with Crippen LogP contribution in [-0.4, -0.2) is 42.7 Å². The zero-order valence-electron chi connectivity index (χ0n) is 18.6. The largest absolute Gasteiger partial charge is 0.468 e. The number of H-pyrrole nitrogens is 1. The molecule has 6 nitrogen and oxygen atoms in total. The van der Waals surface area contributed by atoms with Crippen LogP contribution in [0.2, 0.25) is 0 Å². The Hall–Kier alpha value is -2.60. The summed E-state index contributed by atoms with van der Waals surface area (Å²) in [6.45, 7) is 12.2. The first-order valence-electron chi connectivity index (χ1n) is 9.75. The van der Waals surface area contributed by atoms with Crippen LogP contribution in [0.15, 0.2) is 30.3 Å². The number of nitrogens with one attached hydrogen (secondary N) is 2. The van der Waals surface area contributed by atoms with Crippen molar-refractivity contribution in [3.8, 4) is 0 Å². The molecule has 0 unspecified atom stereocenters. The highest BCUT2D eigenvalue weighted by molar-refractivity contribution is 5.90. The topological polar surface area (TPSA) is 80.4 Å². The molecule has 2 rings (SSSR count). The zero-order valence-corrected chi connectivity index (χ0v) is 18.6. The normalized spacial score (nSPS) is 10.7. The van der Waals surface area contributed by atoms with Crippen LogP contribution in [-0.2, 0) is 20.7 Å². The SMILES string of the molecule is COC(=O)CNCCc1c(C(=O)OC(C)(C)C)[nH]c(C)c1C.Cc1ccccc1. The van der Waals surface area contributed by atoms with E-state index in [1.165, 1.54) is 12.7 Å². The van der Waals surface area contributed by atoms with Crippen molar-refractivity contribution in [3.63, 3.8) is 0 Å². The quantitative estimate of drug-likeness (QED) is 0.566. The minimum absolute atomic E-state index is 0.153. The van der Waals surface area contributed by atoms with Crippen LogP contribution in [0.4, 0.5) is 0 Å². The number of ether oxygens (including phenoxy) is 2. The van der Waals surface area contributed by atoms with Crippen molar-refractivity contribution < 1.29 is 19.1 Å². The monoisotopic (exact) mass is 402 g/mol. The molecule has 0 saturated carbocycles. The third kappa shape index (κ3) is 8.96. The fourth-order valence-corrected chi connectivity index (χ4v) is 2.60. The van der Waals surface area contributed by atoms with E-state index in [-0.39, 0.29) is 18.5 Å². The molecule has 2 N–H and O–H groups in total. The van der Waals surface area contributed by atoms with Gasteiger partial charge in [0.25, 0.3) is 0 Å². The van der Waals surface area contributed by atoms with Crippen LogP contribution in [0.25, 0.3) is 0 Å². The van der Waals surface area contributed by atoms with E-state index in [9.17, 15) is 9.59 Å². The van der Waals surface area contributed by atoms with E-state index in [1.54, 1.807) is 0 Å². The van der Waals surface area contributed by atoms with Crippen molar-refractivity contribution in [3.05, 3.63) is 58.4 Å². The molecule has 0 amide bonds. The van der Waals surface area contributed by atoms with Gasteiger partial charge in [0.1, 0.15) is 11.3 Å². The molecule has 0 radical (unpaired) electrons. The Bertz CT molecular complexity index is 789. The number of aryl methyl sites for hydroxylation is 2. The molecular weight excluding hydrogens is 368 g/mol. The van der Waals surface area contributed by atoms with Crippen molar-refractivity contribution in [2.75, 3.05) is 20.2 Å². The van der Waals surface area contributed by atoms with Crippen molar-refractivity contribution in [1.82, 2.24) is 10.3 Å². The van der Waals surface area contributed by atoms with Gasteiger partial charge in [0, 0.05) is 5.69 Å². The van der Waals surface area contributed by atoms with Crippen LogP contribution in [0, 0.1) is 20.8 Å². The van der Waals surface area contributed by atoms with Gasteiger partial charge in [-0.15, -0.1) is 0 Å². The Labute approximate surface area is 174 Å². The lowest BCUT2D eigenvalue weighted by Gasteiger charge is -2.19. The number of benzene rings is 1. The second-order valence-electron chi connectivity index (χ2n) is 7.89. The van der Waals surface area contributed by atoms with Crippen molar-refractivity contribution >= 4 is 11.9 Å². The number of carbonyl (C=O) groups excluding carboxylic acids is 2. The minimum atomic E-state index is -0.537. The van der Waals surface area contributed by atoms with Crippen molar-refractivity contribution in [1.29, 1.82) is 0 Å². The third-order valence-corrected chi connectivity index (χ3v) is 4.22. The number of hydrogen-bond acceptors (Lipinski definition) is 5. The molecule has 0 aliphatic carbocycles. The van der Waals surface area contributed by atoms with Crippen LogP contribution >= 0.6 is 0 Å². The number of hydrogen-bond donors (Lipinski definition) is 2. The highest BCUT2D eigenvalue weighted by atomic mass is 16.6. The Kier molecular flexibility index (Phi) is 9.62. The van der Waals surface area contributed by atoms with E-state index < -0.39 is 5.60 Å². The molecule has 160 valence electrons. The van der Waals surface area contributed by atoms with E-state index in [0.29, 0.717) is 18.7 Å². The van der Waals surface area contributed by atoms with Gasteiger partial charge in [0.15, 0.2) is 0 Å². The van der Waals surface area contributed by atoms with Gasteiger partial charge in [-0.05, 0) is 65.6 Å². The second-order valence-corrected chi connectivity index (χ2v) is 7.89. The molecule has 1 aromatic carbocycles. The smallest absolute Gasteiger partial charge is 0.355 e. The molecule has 29 heavy (non-hydrogen) atoms. The van der Waals surface area contributed by atoms with Gasteiger partial charge in [0.05, 0.1) is 13.7 Å². The standard InChI is InChI=1S/C16H26N2O4.C7H8/c1-10-11(2)18-14(15(20)22-16(3,4)5)12(10)7-8-17-9-13(19)21-6;1-7-5-3-2-4-6-7/h17-18H,7-9H2,1-6H3;2-6H,1H3. The summed E-state index contributed by atoms with van der Waals surface area (Å²) in [6, 6.07) is 10.3. The summed E-state index contributed by atoms with van der Waals surface area (Å²) < 4.78 is 10.00. The first-order valence-corrected chi connectivity index (χ1v) is 9.75. The number of methoxy groups -OCH3 is 1. The first-order chi connectivity index (χ1) is 13.5. The zero-order chi connectivity index (χ0) is 22.0.